The first-order valence-corrected chi connectivity index (χ1v) is 4.36. The molecule has 1 aromatic rings. The van der Waals surface area contributed by atoms with Crippen LogP contribution in [0.25, 0.3) is 0 Å². The lowest BCUT2D eigenvalue weighted by molar-refractivity contribution is -0.124. The van der Waals surface area contributed by atoms with E-state index in [0.717, 1.165) is 0 Å². The van der Waals surface area contributed by atoms with E-state index in [4.69, 9.17) is 5.26 Å². The quantitative estimate of drug-likeness (QED) is 0.758. The Bertz CT molecular complexity index is 373. The molecule has 1 aromatic heterocycles. The van der Waals surface area contributed by atoms with Crippen molar-refractivity contribution < 1.29 is 9.32 Å². The van der Waals surface area contributed by atoms with E-state index < -0.39 is 5.41 Å². The third-order valence-electron chi connectivity index (χ3n) is 2.32. The number of rotatable bonds is 3. The zero-order valence-electron chi connectivity index (χ0n) is 7.49. The third-order valence-corrected chi connectivity index (χ3v) is 2.32. The van der Waals surface area contributed by atoms with Gasteiger partial charge in [-0.25, -0.2) is 0 Å². The van der Waals surface area contributed by atoms with Crippen molar-refractivity contribution in [2.24, 2.45) is 5.41 Å². The van der Waals surface area contributed by atoms with Crippen LogP contribution in [-0.2, 0) is 11.3 Å². The van der Waals surface area contributed by atoms with E-state index in [-0.39, 0.29) is 5.91 Å². The molecule has 72 valence electrons. The number of hydrogen-bond acceptors (Lipinski definition) is 4. The summed E-state index contributed by atoms with van der Waals surface area (Å²) in [4.78, 5) is 11.5. The lowest BCUT2D eigenvalue weighted by Crippen LogP contribution is -2.30. The Balaban J connectivity index is 1.88. The maximum Gasteiger partial charge on any atom is 0.240 e. The van der Waals surface area contributed by atoms with Gasteiger partial charge < -0.3 is 9.84 Å². The van der Waals surface area contributed by atoms with E-state index in [1.807, 2.05) is 6.07 Å². The van der Waals surface area contributed by atoms with Crippen LogP contribution in [0.4, 0.5) is 0 Å². The SMILES string of the molecule is N#CC1(C(=O)NCc2ccon2)CC1. The summed E-state index contributed by atoms with van der Waals surface area (Å²) in [5, 5.41) is 15.0. The molecule has 1 amide bonds. The van der Waals surface area contributed by atoms with Crippen LogP contribution in [0.5, 0.6) is 0 Å². The maximum absolute atomic E-state index is 11.5. The fourth-order valence-electron chi connectivity index (χ4n) is 1.18. The van der Waals surface area contributed by atoms with Gasteiger partial charge in [0.1, 0.15) is 17.4 Å². The van der Waals surface area contributed by atoms with Gasteiger partial charge in [0.25, 0.3) is 0 Å². The fraction of sp³-hybridized carbons (Fsp3) is 0.444. The van der Waals surface area contributed by atoms with Crippen molar-refractivity contribution in [3.05, 3.63) is 18.0 Å². The van der Waals surface area contributed by atoms with Gasteiger partial charge in [-0.05, 0) is 12.8 Å². The summed E-state index contributed by atoms with van der Waals surface area (Å²) in [6.07, 6.45) is 2.76. The van der Waals surface area contributed by atoms with Gasteiger partial charge in [-0.3, -0.25) is 4.79 Å². The van der Waals surface area contributed by atoms with Gasteiger partial charge in [-0.15, -0.1) is 0 Å². The zero-order valence-corrected chi connectivity index (χ0v) is 7.49. The smallest absolute Gasteiger partial charge is 0.240 e. The molecule has 5 heteroatoms. The minimum absolute atomic E-state index is 0.206. The molecule has 0 aliphatic heterocycles. The van der Waals surface area contributed by atoms with Crippen LogP contribution in [0.2, 0.25) is 0 Å². The lowest BCUT2D eigenvalue weighted by Gasteiger charge is -2.05. The topological polar surface area (TPSA) is 78.9 Å². The maximum atomic E-state index is 11.5. The van der Waals surface area contributed by atoms with Gasteiger partial charge >= 0.3 is 0 Å². The van der Waals surface area contributed by atoms with Gasteiger partial charge in [0.05, 0.1) is 12.6 Å². The number of hydrogen-bond donors (Lipinski definition) is 1. The average Bonchev–Trinajstić information content (AvgIpc) is 2.84. The number of nitriles is 1. The second-order valence-electron chi connectivity index (χ2n) is 3.37. The summed E-state index contributed by atoms with van der Waals surface area (Å²) in [5.74, 6) is -0.206. The number of nitrogens with zero attached hydrogens (tertiary/aromatic N) is 2. The second-order valence-corrected chi connectivity index (χ2v) is 3.37. The third kappa shape index (κ3) is 1.46. The highest BCUT2D eigenvalue weighted by molar-refractivity contribution is 5.88. The molecule has 1 aliphatic rings. The van der Waals surface area contributed by atoms with E-state index in [9.17, 15) is 4.79 Å². The van der Waals surface area contributed by atoms with Crippen LogP contribution < -0.4 is 5.32 Å². The van der Waals surface area contributed by atoms with Gasteiger partial charge in [0.15, 0.2) is 0 Å². The molecule has 0 saturated heterocycles. The van der Waals surface area contributed by atoms with Crippen LogP contribution >= 0.6 is 0 Å². The lowest BCUT2D eigenvalue weighted by atomic mass is 10.1. The van der Waals surface area contributed by atoms with Crippen LogP contribution in [0.15, 0.2) is 16.9 Å². The molecule has 1 aliphatic carbocycles. The Kier molecular flexibility index (Phi) is 1.97. The van der Waals surface area contributed by atoms with Crippen molar-refractivity contribution in [1.82, 2.24) is 10.5 Å². The molecule has 0 unspecified atom stereocenters. The first-order chi connectivity index (χ1) is 6.77. The Labute approximate surface area is 80.7 Å². The first-order valence-electron chi connectivity index (χ1n) is 4.36. The van der Waals surface area contributed by atoms with Crippen LogP contribution in [-0.4, -0.2) is 11.1 Å². The van der Waals surface area contributed by atoms with E-state index in [0.29, 0.717) is 25.1 Å². The van der Waals surface area contributed by atoms with E-state index in [2.05, 4.69) is 15.0 Å². The molecule has 5 nitrogen and oxygen atoms in total. The summed E-state index contributed by atoms with van der Waals surface area (Å²) < 4.78 is 4.61. The highest BCUT2D eigenvalue weighted by Crippen LogP contribution is 2.44. The van der Waals surface area contributed by atoms with E-state index in [1.165, 1.54) is 6.26 Å². The largest absolute Gasteiger partial charge is 0.364 e. The number of aromatic nitrogens is 1. The van der Waals surface area contributed by atoms with Gasteiger partial charge in [0, 0.05) is 6.07 Å². The molecule has 1 saturated carbocycles. The van der Waals surface area contributed by atoms with Crippen molar-refractivity contribution in [2.75, 3.05) is 0 Å². The van der Waals surface area contributed by atoms with Crippen LogP contribution in [0.3, 0.4) is 0 Å². The normalized spacial score (nSPS) is 17.1. The number of carbonyl (C=O) groups excluding carboxylic acids is 1. The molecule has 0 atom stereocenters. The Hall–Kier alpha value is -1.83. The molecular weight excluding hydrogens is 182 g/mol. The van der Waals surface area contributed by atoms with E-state index in [1.54, 1.807) is 6.07 Å². The van der Waals surface area contributed by atoms with E-state index >= 15 is 0 Å². The highest BCUT2D eigenvalue weighted by Gasteiger charge is 2.50. The van der Waals surface area contributed by atoms with Crippen LogP contribution in [0, 0.1) is 16.7 Å². The van der Waals surface area contributed by atoms with Gasteiger partial charge in [0.2, 0.25) is 5.91 Å². The van der Waals surface area contributed by atoms with Crippen LogP contribution in [0.1, 0.15) is 18.5 Å². The second kappa shape index (κ2) is 3.14. The summed E-state index contributed by atoms with van der Waals surface area (Å²) >= 11 is 0. The van der Waals surface area contributed by atoms with Gasteiger partial charge in [-0.1, -0.05) is 5.16 Å². The average molecular weight is 191 g/mol. The molecule has 0 radical (unpaired) electrons. The fourth-order valence-corrected chi connectivity index (χ4v) is 1.18. The minimum Gasteiger partial charge on any atom is -0.364 e. The first kappa shape index (κ1) is 8.75. The van der Waals surface area contributed by atoms with Crippen molar-refractivity contribution in [2.45, 2.75) is 19.4 Å². The zero-order chi connectivity index (χ0) is 10.0. The molecule has 1 heterocycles. The molecule has 14 heavy (non-hydrogen) atoms. The molecule has 0 bridgehead atoms. The van der Waals surface area contributed by atoms with Crippen molar-refractivity contribution in [3.63, 3.8) is 0 Å². The predicted octanol–water partition coefficient (Wildman–Crippen LogP) is 0.595. The number of carbonyl (C=O) groups is 1. The molecule has 1 N–H and O–H groups in total. The summed E-state index contributed by atoms with van der Waals surface area (Å²) in [6, 6.07) is 3.70. The number of amides is 1. The predicted molar refractivity (Wildman–Crippen MR) is 45.6 cm³/mol. The molecule has 2 rings (SSSR count). The number of nitrogens with one attached hydrogen (secondary N) is 1. The van der Waals surface area contributed by atoms with Crippen molar-refractivity contribution in [3.8, 4) is 6.07 Å². The Morgan fingerprint density at radius 3 is 3.07 bits per heavy atom. The monoisotopic (exact) mass is 191 g/mol. The molecule has 0 spiro atoms. The summed E-state index contributed by atoms with van der Waals surface area (Å²) in [7, 11) is 0. The molecule has 1 fully saturated rings. The Morgan fingerprint density at radius 2 is 2.57 bits per heavy atom. The molecule has 0 aromatic carbocycles. The Morgan fingerprint density at radius 1 is 1.79 bits per heavy atom. The van der Waals surface area contributed by atoms with Gasteiger partial charge in [-0.2, -0.15) is 5.26 Å². The molecular formula is C9H9N3O2. The minimum atomic E-state index is -0.760. The standard InChI is InChI=1S/C9H9N3O2/c10-6-9(2-3-9)8(13)11-5-7-1-4-14-12-7/h1,4H,2-3,5H2,(H,11,13). The van der Waals surface area contributed by atoms with Crippen molar-refractivity contribution in [1.29, 1.82) is 5.26 Å². The highest BCUT2D eigenvalue weighted by atomic mass is 16.5. The summed E-state index contributed by atoms with van der Waals surface area (Å²) in [6.45, 7) is 0.318. The van der Waals surface area contributed by atoms with Crippen molar-refractivity contribution >= 4 is 5.91 Å². The summed E-state index contributed by atoms with van der Waals surface area (Å²) in [5.41, 5.74) is -0.101.